The van der Waals surface area contributed by atoms with Crippen LogP contribution in [-0.4, -0.2) is 27.4 Å². The third kappa shape index (κ3) is 2.55. The number of phenols is 3. The molecule has 0 amide bonds. The van der Waals surface area contributed by atoms with Crippen molar-refractivity contribution in [3.8, 4) is 17.2 Å². The molecule has 0 atom stereocenters. The van der Waals surface area contributed by atoms with E-state index < -0.39 is 23.0 Å². The Hall–Kier alpha value is -2.04. The minimum absolute atomic E-state index is 0.167. The van der Waals surface area contributed by atoms with Gasteiger partial charge in [-0.05, 0) is 6.42 Å². The second-order valence-electron chi connectivity index (χ2n) is 3.70. The standard InChI is InChI=1S/C12H14O5/c1-2-3-4-8(14)11-10(16)5-9(15)7(6-13)12(11)17/h5-6,15-17H,2-4H2,1H3. The predicted molar refractivity (Wildman–Crippen MR) is 60.7 cm³/mol. The molecule has 1 aromatic carbocycles. The van der Waals surface area contributed by atoms with Crippen molar-refractivity contribution < 1.29 is 24.9 Å². The van der Waals surface area contributed by atoms with Gasteiger partial charge in [0.05, 0.1) is 5.56 Å². The van der Waals surface area contributed by atoms with Crippen LogP contribution in [0.4, 0.5) is 0 Å². The van der Waals surface area contributed by atoms with Crippen molar-refractivity contribution in [2.75, 3.05) is 0 Å². The van der Waals surface area contributed by atoms with Gasteiger partial charge in [0.1, 0.15) is 22.8 Å². The number of carbonyl (C=O) groups is 2. The maximum atomic E-state index is 11.7. The van der Waals surface area contributed by atoms with Gasteiger partial charge in [-0.2, -0.15) is 0 Å². The fourth-order valence-corrected chi connectivity index (χ4v) is 1.51. The largest absolute Gasteiger partial charge is 0.507 e. The summed E-state index contributed by atoms with van der Waals surface area (Å²) in [5, 5.41) is 28.4. The van der Waals surface area contributed by atoms with Crippen molar-refractivity contribution in [2.24, 2.45) is 0 Å². The van der Waals surface area contributed by atoms with Gasteiger partial charge >= 0.3 is 0 Å². The summed E-state index contributed by atoms with van der Waals surface area (Å²) in [5.74, 6) is -2.20. The maximum absolute atomic E-state index is 11.7. The average molecular weight is 238 g/mol. The van der Waals surface area contributed by atoms with E-state index in [4.69, 9.17) is 0 Å². The highest BCUT2D eigenvalue weighted by molar-refractivity contribution is 6.04. The third-order valence-corrected chi connectivity index (χ3v) is 2.45. The van der Waals surface area contributed by atoms with Gasteiger partial charge in [-0.15, -0.1) is 0 Å². The molecule has 5 heteroatoms. The molecule has 1 aromatic rings. The molecule has 0 heterocycles. The van der Waals surface area contributed by atoms with Gasteiger partial charge in [0.2, 0.25) is 0 Å². The topological polar surface area (TPSA) is 94.8 Å². The van der Waals surface area contributed by atoms with Gasteiger partial charge in [0.15, 0.2) is 12.1 Å². The molecule has 0 aliphatic carbocycles. The molecule has 0 radical (unpaired) electrons. The number of phenolic OH excluding ortho intramolecular Hbond substituents is 3. The van der Waals surface area contributed by atoms with Crippen LogP contribution in [0, 0.1) is 0 Å². The van der Waals surface area contributed by atoms with E-state index in [1.807, 2.05) is 6.92 Å². The zero-order valence-corrected chi connectivity index (χ0v) is 9.43. The van der Waals surface area contributed by atoms with Gasteiger partial charge in [-0.1, -0.05) is 13.3 Å². The lowest BCUT2D eigenvalue weighted by Crippen LogP contribution is -2.02. The number of benzene rings is 1. The quantitative estimate of drug-likeness (QED) is 0.538. The molecule has 0 aliphatic rings. The van der Waals surface area contributed by atoms with Gasteiger partial charge in [0.25, 0.3) is 0 Å². The van der Waals surface area contributed by atoms with Gasteiger partial charge in [-0.25, -0.2) is 0 Å². The van der Waals surface area contributed by atoms with Crippen molar-refractivity contribution in [1.29, 1.82) is 0 Å². The fraction of sp³-hybridized carbons (Fsp3) is 0.333. The molecule has 0 unspecified atom stereocenters. The lowest BCUT2D eigenvalue weighted by atomic mass is 10.00. The van der Waals surface area contributed by atoms with E-state index in [2.05, 4.69) is 0 Å². The van der Waals surface area contributed by atoms with Crippen LogP contribution < -0.4 is 0 Å². The van der Waals surface area contributed by atoms with Crippen molar-refractivity contribution in [3.63, 3.8) is 0 Å². The fourth-order valence-electron chi connectivity index (χ4n) is 1.51. The molecule has 1 rings (SSSR count). The Morgan fingerprint density at radius 2 is 1.94 bits per heavy atom. The highest BCUT2D eigenvalue weighted by Crippen LogP contribution is 2.37. The first-order valence-electron chi connectivity index (χ1n) is 5.29. The molecule has 0 bridgehead atoms. The summed E-state index contributed by atoms with van der Waals surface area (Å²) < 4.78 is 0. The lowest BCUT2D eigenvalue weighted by Gasteiger charge is -2.09. The minimum Gasteiger partial charge on any atom is -0.507 e. The second kappa shape index (κ2) is 5.34. The van der Waals surface area contributed by atoms with E-state index in [9.17, 15) is 24.9 Å². The van der Waals surface area contributed by atoms with Crippen molar-refractivity contribution in [3.05, 3.63) is 17.2 Å². The number of ketones is 1. The summed E-state index contributed by atoms with van der Waals surface area (Å²) in [6.45, 7) is 1.90. The molecule has 0 saturated heterocycles. The van der Waals surface area contributed by atoms with E-state index in [-0.39, 0.29) is 23.8 Å². The molecule has 5 nitrogen and oxygen atoms in total. The zero-order chi connectivity index (χ0) is 13.0. The van der Waals surface area contributed by atoms with Crippen LogP contribution in [0.2, 0.25) is 0 Å². The molecule has 17 heavy (non-hydrogen) atoms. The predicted octanol–water partition coefficient (Wildman–Crippen LogP) is 1.99. The normalized spacial score (nSPS) is 10.2. The number of Topliss-reactive ketones (excluding diaryl/α,β-unsaturated/α-hetero) is 1. The maximum Gasteiger partial charge on any atom is 0.170 e. The third-order valence-electron chi connectivity index (χ3n) is 2.45. The lowest BCUT2D eigenvalue weighted by molar-refractivity contribution is 0.0974. The molecule has 92 valence electrons. The Kier molecular flexibility index (Phi) is 4.09. The summed E-state index contributed by atoms with van der Waals surface area (Å²) >= 11 is 0. The molecule has 0 saturated carbocycles. The molecule has 3 N–H and O–H groups in total. The monoisotopic (exact) mass is 238 g/mol. The molecular formula is C12H14O5. The number of unbranched alkanes of at least 4 members (excludes halogenated alkanes) is 1. The average Bonchev–Trinajstić information content (AvgIpc) is 2.26. The Bertz CT molecular complexity index is 451. The van der Waals surface area contributed by atoms with Crippen molar-refractivity contribution in [1.82, 2.24) is 0 Å². The molecule has 0 fully saturated rings. The van der Waals surface area contributed by atoms with Crippen molar-refractivity contribution in [2.45, 2.75) is 26.2 Å². The number of aldehydes is 1. The van der Waals surface area contributed by atoms with Crippen molar-refractivity contribution >= 4 is 12.1 Å². The van der Waals surface area contributed by atoms with E-state index in [0.29, 0.717) is 6.42 Å². The number of rotatable bonds is 5. The molecule has 0 aliphatic heterocycles. The summed E-state index contributed by atoms with van der Waals surface area (Å²) in [7, 11) is 0. The number of hydrogen-bond donors (Lipinski definition) is 3. The summed E-state index contributed by atoms with van der Waals surface area (Å²) in [4.78, 5) is 22.3. The van der Waals surface area contributed by atoms with Crippen LogP contribution in [0.1, 0.15) is 46.9 Å². The highest BCUT2D eigenvalue weighted by atomic mass is 16.3. The first kappa shape index (κ1) is 13.0. The summed E-state index contributed by atoms with van der Waals surface area (Å²) in [6.07, 6.45) is 1.82. The van der Waals surface area contributed by atoms with Crippen LogP contribution in [0.3, 0.4) is 0 Å². The minimum atomic E-state index is -0.668. The van der Waals surface area contributed by atoms with E-state index in [1.165, 1.54) is 0 Å². The van der Waals surface area contributed by atoms with Crippen LogP contribution in [0.5, 0.6) is 17.2 Å². The molecule has 0 aromatic heterocycles. The second-order valence-corrected chi connectivity index (χ2v) is 3.70. The van der Waals surface area contributed by atoms with E-state index >= 15 is 0 Å². The van der Waals surface area contributed by atoms with Crippen LogP contribution in [-0.2, 0) is 0 Å². The van der Waals surface area contributed by atoms with Gasteiger partial charge in [-0.3, -0.25) is 9.59 Å². The summed E-state index contributed by atoms with van der Waals surface area (Å²) in [6, 6.07) is 0.878. The van der Waals surface area contributed by atoms with Gasteiger partial charge < -0.3 is 15.3 Å². The first-order chi connectivity index (χ1) is 8.02. The highest BCUT2D eigenvalue weighted by Gasteiger charge is 2.21. The number of hydrogen-bond acceptors (Lipinski definition) is 5. The SMILES string of the molecule is CCCCC(=O)c1c(O)cc(O)c(C=O)c1O. The number of carbonyl (C=O) groups excluding carboxylic acids is 2. The van der Waals surface area contributed by atoms with E-state index in [0.717, 1.165) is 12.5 Å². The Morgan fingerprint density at radius 1 is 1.29 bits per heavy atom. The summed E-state index contributed by atoms with van der Waals surface area (Å²) in [5.41, 5.74) is -0.694. The van der Waals surface area contributed by atoms with Crippen LogP contribution >= 0.6 is 0 Å². The Morgan fingerprint density at radius 3 is 2.47 bits per heavy atom. The Labute approximate surface area is 98.3 Å². The van der Waals surface area contributed by atoms with Gasteiger partial charge in [0, 0.05) is 12.5 Å². The van der Waals surface area contributed by atoms with E-state index in [1.54, 1.807) is 0 Å². The zero-order valence-electron chi connectivity index (χ0n) is 9.43. The molecular weight excluding hydrogens is 224 g/mol. The first-order valence-corrected chi connectivity index (χ1v) is 5.29. The Balaban J connectivity index is 3.23. The molecule has 0 spiro atoms. The smallest absolute Gasteiger partial charge is 0.170 e. The van der Waals surface area contributed by atoms with Crippen LogP contribution in [0.25, 0.3) is 0 Å². The number of aromatic hydroxyl groups is 3. The van der Waals surface area contributed by atoms with Crippen LogP contribution in [0.15, 0.2) is 6.07 Å².